The van der Waals surface area contributed by atoms with E-state index in [9.17, 15) is 15.0 Å². The van der Waals surface area contributed by atoms with Crippen molar-refractivity contribution in [1.29, 1.82) is 0 Å². The Hall–Kier alpha value is -2.17. The van der Waals surface area contributed by atoms with Crippen molar-refractivity contribution in [1.82, 2.24) is 5.32 Å². The highest BCUT2D eigenvalue weighted by molar-refractivity contribution is 5.76. The molecule has 4 nitrogen and oxygen atoms in total. The summed E-state index contributed by atoms with van der Waals surface area (Å²) in [5, 5.41) is 23.0. The number of nitrogens with one attached hydrogen (secondary N) is 1. The molecule has 294 valence electrons. The monoisotopic (exact) mass is 710 g/mol. The number of hydrogen-bond acceptors (Lipinski definition) is 3. The average molecular weight is 710 g/mol. The maximum Gasteiger partial charge on any atom is 0.220 e. The van der Waals surface area contributed by atoms with Crippen LogP contribution in [0.1, 0.15) is 200 Å². The van der Waals surface area contributed by atoms with Crippen molar-refractivity contribution >= 4 is 5.91 Å². The molecule has 0 rings (SSSR count). The van der Waals surface area contributed by atoms with Gasteiger partial charge >= 0.3 is 0 Å². The van der Waals surface area contributed by atoms with E-state index in [-0.39, 0.29) is 12.5 Å². The first-order chi connectivity index (χ1) is 25.2. The third kappa shape index (κ3) is 38.9. The third-order valence-corrected chi connectivity index (χ3v) is 9.40. The molecule has 0 heterocycles. The summed E-state index contributed by atoms with van der Waals surface area (Å²) in [6, 6.07) is -0.654. The number of carbonyl (C=O) groups excluding carboxylic acids is 1. The molecular weight excluding hydrogens is 627 g/mol. The van der Waals surface area contributed by atoms with E-state index in [0.29, 0.717) is 6.42 Å². The Bertz CT molecular complexity index is 899. The van der Waals surface area contributed by atoms with Gasteiger partial charge in [-0.2, -0.15) is 0 Å². The Morgan fingerprint density at radius 1 is 0.490 bits per heavy atom. The fourth-order valence-corrected chi connectivity index (χ4v) is 6.11. The molecule has 0 spiro atoms. The number of hydrogen-bond donors (Lipinski definition) is 3. The van der Waals surface area contributed by atoms with E-state index in [2.05, 4.69) is 79.9 Å². The molecule has 0 aliphatic heterocycles. The second-order valence-corrected chi connectivity index (χ2v) is 14.4. The summed E-state index contributed by atoms with van der Waals surface area (Å²) in [5.74, 6) is -0.0911. The first-order valence-electron chi connectivity index (χ1n) is 21.7. The Morgan fingerprint density at radius 2 is 0.882 bits per heavy atom. The fraction of sp³-hybridized carbons (Fsp3) is 0.723. The number of aliphatic hydroxyl groups excluding tert-OH is 2. The van der Waals surface area contributed by atoms with Gasteiger partial charge in [-0.1, -0.05) is 189 Å². The maximum atomic E-state index is 12.4. The van der Waals surface area contributed by atoms with Crippen LogP contribution in [0.3, 0.4) is 0 Å². The summed E-state index contributed by atoms with van der Waals surface area (Å²) in [4.78, 5) is 12.4. The van der Waals surface area contributed by atoms with Crippen molar-refractivity contribution in [3.63, 3.8) is 0 Å². The van der Waals surface area contributed by atoms with Crippen LogP contribution in [0.25, 0.3) is 0 Å². The minimum atomic E-state index is -0.877. The molecule has 2 unspecified atom stereocenters. The van der Waals surface area contributed by atoms with Gasteiger partial charge < -0.3 is 15.5 Å². The van der Waals surface area contributed by atoms with E-state index in [4.69, 9.17) is 0 Å². The number of aliphatic hydroxyl groups is 2. The highest BCUT2D eigenvalue weighted by Gasteiger charge is 2.17. The predicted molar refractivity (Wildman–Crippen MR) is 225 cm³/mol. The number of unbranched alkanes of at least 4 members (excludes halogenated alkanes) is 21. The van der Waals surface area contributed by atoms with E-state index >= 15 is 0 Å². The largest absolute Gasteiger partial charge is 0.394 e. The van der Waals surface area contributed by atoms with Gasteiger partial charge in [0.2, 0.25) is 5.91 Å². The van der Waals surface area contributed by atoms with Gasteiger partial charge in [0.1, 0.15) is 0 Å². The molecule has 4 heteroatoms. The maximum absolute atomic E-state index is 12.4. The Labute approximate surface area is 317 Å². The van der Waals surface area contributed by atoms with Gasteiger partial charge in [-0.25, -0.2) is 0 Å². The lowest BCUT2D eigenvalue weighted by Gasteiger charge is -2.19. The molecular formula is C47H83NO3. The zero-order valence-corrected chi connectivity index (χ0v) is 33.6. The second-order valence-electron chi connectivity index (χ2n) is 14.4. The lowest BCUT2D eigenvalue weighted by Crippen LogP contribution is -2.45. The zero-order chi connectivity index (χ0) is 37.1. The summed E-state index contributed by atoms with van der Waals surface area (Å²) >= 11 is 0. The van der Waals surface area contributed by atoms with Gasteiger partial charge in [0.05, 0.1) is 18.8 Å². The summed E-state index contributed by atoms with van der Waals surface area (Å²) in [7, 11) is 0. The number of rotatable bonds is 38. The van der Waals surface area contributed by atoms with E-state index in [0.717, 1.165) is 70.6 Å². The van der Waals surface area contributed by atoms with Crippen molar-refractivity contribution in [2.24, 2.45) is 0 Å². The molecule has 0 aromatic heterocycles. The van der Waals surface area contributed by atoms with E-state index < -0.39 is 12.1 Å². The molecule has 2 atom stereocenters. The lowest BCUT2D eigenvalue weighted by molar-refractivity contribution is -0.123. The minimum absolute atomic E-state index is 0.0911. The van der Waals surface area contributed by atoms with Crippen LogP contribution in [0.2, 0.25) is 0 Å². The second kappa shape index (κ2) is 42.2. The molecule has 0 aliphatic rings. The Morgan fingerprint density at radius 3 is 1.37 bits per heavy atom. The number of allylic oxidation sites excluding steroid dienone is 11. The van der Waals surface area contributed by atoms with E-state index in [1.807, 2.05) is 6.08 Å². The van der Waals surface area contributed by atoms with Crippen molar-refractivity contribution in [2.45, 2.75) is 212 Å². The van der Waals surface area contributed by atoms with E-state index in [1.54, 1.807) is 6.08 Å². The molecule has 0 aromatic carbocycles. The highest BCUT2D eigenvalue weighted by Crippen LogP contribution is 2.13. The number of amides is 1. The molecule has 1 amide bonds. The topological polar surface area (TPSA) is 69.6 Å². The first kappa shape index (κ1) is 48.8. The molecule has 0 radical (unpaired) electrons. The lowest BCUT2D eigenvalue weighted by atomic mass is 10.0. The highest BCUT2D eigenvalue weighted by atomic mass is 16.3. The minimum Gasteiger partial charge on any atom is -0.394 e. The van der Waals surface area contributed by atoms with E-state index in [1.165, 1.54) is 109 Å². The van der Waals surface area contributed by atoms with Crippen LogP contribution < -0.4 is 5.32 Å². The summed E-state index contributed by atoms with van der Waals surface area (Å²) in [5.41, 5.74) is 0. The standard InChI is InChI=1S/C47H83NO3/c1-3-5-7-9-11-13-15-17-19-21-22-23-24-25-27-28-30-32-34-36-38-40-42-46(50)45(44-49)48-47(51)43-41-39-37-35-33-31-29-26-20-18-16-14-12-10-8-6-4-2/h6,8,12,14,18,20,25,27,32,34,40,42,45-46,49-50H,3-5,7,9-11,13,15-17,19,21-24,26,28-31,33,35-39,41,43-44H2,1-2H3,(H,48,51)/b8-6-,14-12-,20-18-,27-25+,34-32+,42-40+. The Balaban J connectivity index is 3.68. The van der Waals surface area contributed by atoms with Crippen LogP contribution in [0.15, 0.2) is 72.9 Å². The zero-order valence-electron chi connectivity index (χ0n) is 33.6. The summed E-state index contributed by atoms with van der Waals surface area (Å²) in [6.07, 6.45) is 60.1. The van der Waals surface area contributed by atoms with Crippen LogP contribution in [-0.4, -0.2) is 34.9 Å². The van der Waals surface area contributed by atoms with Crippen LogP contribution in [0.4, 0.5) is 0 Å². The molecule has 0 bridgehead atoms. The van der Waals surface area contributed by atoms with Crippen molar-refractivity contribution in [3.8, 4) is 0 Å². The van der Waals surface area contributed by atoms with Crippen LogP contribution in [-0.2, 0) is 4.79 Å². The van der Waals surface area contributed by atoms with Gasteiger partial charge in [-0.3, -0.25) is 4.79 Å². The quantitative estimate of drug-likeness (QED) is 0.0441. The Kier molecular flexibility index (Phi) is 40.4. The van der Waals surface area contributed by atoms with Gasteiger partial charge in [-0.15, -0.1) is 0 Å². The third-order valence-electron chi connectivity index (χ3n) is 9.40. The van der Waals surface area contributed by atoms with Crippen molar-refractivity contribution in [3.05, 3.63) is 72.9 Å². The SMILES string of the molecule is CC/C=C\C/C=C\C/C=C\CCCCCCCCCC(=O)NC(CO)C(O)/C=C/CC/C=C/CC/C=C/CCCCCCCCCCCCCC. The normalized spacial score (nSPS) is 13.7. The molecule has 0 aliphatic carbocycles. The molecule has 0 fully saturated rings. The van der Waals surface area contributed by atoms with Crippen LogP contribution >= 0.6 is 0 Å². The van der Waals surface area contributed by atoms with Gasteiger partial charge in [0.15, 0.2) is 0 Å². The van der Waals surface area contributed by atoms with Crippen LogP contribution in [0, 0.1) is 0 Å². The predicted octanol–water partition coefficient (Wildman–Crippen LogP) is 13.5. The summed E-state index contributed by atoms with van der Waals surface area (Å²) in [6.45, 7) is 4.17. The first-order valence-corrected chi connectivity index (χ1v) is 21.7. The van der Waals surface area contributed by atoms with Gasteiger partial charge in [-0.05, 0) is 77.0 Å². The number of carbonyl (C=O) groups is 1. The molecule has 51 heavy (non-hydrogen) atoms. The molecule has 0 aromatic rings. The van der Waals surface area contributed by atoms with Crippen molar-refractivity contribution < 1.29 is 15.0 Å². The molecule has 3 N–H and O–H groups in total. The van der Waals surface area contributed by atoms with Crippen LogP contribution in [0.5, 0.6) is 0 Å². The molecule has 0 saturated heterocycles. The van der Waals surface area contributed by atoms with Gasteiger partial charge in [0, 0.05) is 6.42 Å². The molecule has 0 saturated carbocycles. The van der Waals surface area contributed by atoms with Gasteiger partial charge in [0.25, 0.3) is 0 Å². The average Bonchev–Trinajstić information content (AvgIpc) is 3.13. The summed E-state index contributed by atoms with van der Waals surface area (Å²) < 4.78 is 0. The fourth-order valence-electron chi connectivity index (χ4n) is 6.11. The smallest absolute Gasteiger partial charge is 0.220 e. The van der Waals surface area contributed by atoms with Crippen molar-refractivity contribution in [2.75, 3.05) is 6.61 Å².